The fraction of sp³-hybridized carbons (Fsp3) is 0.348. The second-order valence-electron chi connectivity index (χ2n) is 9.09. The summed E-state index contributed by atoms with van der Waals surface area (Å²) in [5.74, 6) is 0.557. The lowest BCUT2D eigenvalue weighted by molar-refractivity contribution is -0.115. The second kappa shape index (κ2) is 8.07. The van der Waals surface area contributed by atoms with Crippen LogP contribution in [0.3, 0.4) is 0 Å². The zero-order valence-corrected chi connectivity index (χ0v) is 18.9. The largest absolute Gasteiger partial charge is 0.383 e. The lowest BCUT2D eigenvalue weighted by Gasteiger charge is -2.12. The minimum absolute atomic E-state index is 0.124. The number of carbonyl (C=O) groups is 1. The van der Waals surface area contributed by atoms with E-state index in [0.717, 1.165) is 27.9 Å². The topological polar surface area (TPSA) is 125 Å². The first-order chi connectivity index (χ1) is 15.1. The standard InChI is InChI=1S/C23H27N7O2/c1-13(2)30-22-19(21(24)25-12-26-22)20(28-30)15-8-6-14(7-9-15)10-17(31)27-18-11-16(29-32-18)23(3,4)5/h6-9,11-13H,10H2,1-5H3,(H,27,31)(H2,24,25,26). The van der Waals surface area contributed by atoms with Gasteiger partial charge in [0.15, 0.2) is 5.65 Å². The minimum atomic E-state index is -0.179. The van der Waals surface area contributed by atoms with Gasteiger partial charge in [-0.2, -0.15) is 5.10 Å². The Morgan fingerprint density at radius 3 is 2.53 bits per heavy atom. The molecule has 1 amide bonds. The number of aromatic nitrogens is 5. The van der Waals surface area contributed by atoms with E-state index >= 15 is 0 Å². The number of amides is 1. The molecule has 0 unspecified atom stereocenters. The van der Waals surface area contributed by atoms with Crippen molar-refractivity contribution >= 4 is 28.6 Å². The van der Waals surface area contributed by atoms with Gasteiger partial charge in [-0.15, -0.1) is 0 Å². The first kappa shape index (κ1) is 21.5. The van der Waals surface area contributed by atoms with Crippen LogP contribution >= 0.6 is 0 Å². The van der Waals surface area contributed by atoms with E-state index in [9.17, 15) is 4.79 Å². The summed E-state index contributed by atoms with van der Waals surface area (Å²) < 4.78 is 7.07. The number of benzene rings is 1. The van der Waals surface area contributed by atoms with Gasteiger partial charge in [0.05, 0.1) is 17.5 Å². The molecule has 3 N–H and O–H groups in total. The normalized spacial score (nSPS) is 11.9. The maximum atomic E-state index is 12.4. The van der Waals surface area contributed by atoms with E-state index < -0.39 is 0 Å². The molecule has 0 fully saturated rings. The Kier molecular flexibility index (Phi) is 5.41. The summed E-state index contributed by atoms with van der Waals surface area (Å²) in [6.07, 6.45) is 1.65. The molecule has 0 aliphatic heterocycles. The van der Waals surface area contributed by atoms with Crippen LogP contribution in [0.5, 0.6) is 0 Å². The number of carbonyl (C=O) groups excluding carboxylic acids is 1. The molecule has 9 heteroatoms. The number of nitrogens with one attached hydrogen (secondary N) is 1. The summed E-state index contributed by atoms with van der Waals surface area (Å²) in [7, 11) is 0. The molecule has 3 aromatic heterocycles. The van der Waals surface area contributed by atoms with Gasteiger partial charge in [0.25, 0.3) is 0 Å². The smallest absolute Gasteiger partial charge is 0.231 e. The third-order valence-corrected chi connectivity index (χ3v) is 5.14. The highest BCUT2D eigenvalue weighted by Crippen LogP contribution is 2.31. The number of hydrogen-bond acceptors (Lipinski definition) is 7. The molecule has 0 spiro atoms. The Labute approximate surface area is 186 Å². The van der Waals surface area contributed by atoms with Gasteiger partial charge < -0.3 is 10.3 Å². The monoisotopic (exact) mass is 433 g/mol. The van der Waals surface area contributed by atoms with Crippen molar-refractivity contribution in [2.45, 2.75) is 52.5 Å². The number of rotatable bonds is 5. The average molecular weight is 434 g/mol. The van der Waals surface area contributed by atoms with Crippen molar-refractivity contribution < 1.29 is 9.32 Å². The van der Waals surface area contributed by atoms with Crippen molar-refractivity contribution in [3.8, 4) is 11.3 Å². The molecule has 0 radical (unpaired) electrons. The second-order valence-corrected chi connectivity index (χ2v) is 9.09. The molecule has 32 heavy (non-hydrogen) atoms. The molecule has 3 heterocycles. The number of nitrogens with zero attached hydrogens (tertiary/aromatic N) is 5. The Hall–Kier alpha value is -3.75. The highest BCUT2D eigenvalue weighted by atomic mass is 16.5. The van der Waals surface area contributed by atoms with Crippen LogP contribution in [-0.4, -0.2) is 30.8 Å². The van der Waals surface area contributed by atoms with Crippen LogP contribution in [0.1, 0.15) is 51.9 Å². The number of fused-ring (bicyclic) bond motifs is 1. The van der Waals surface area contributed by atoms with Crippen LogP contribution in [0, 0.1) is 0 Å². The van der Waals surface area contributed by atoms with Crippen molar-refractivity contribution in [3.63, 3.8) is 0 Å². The molecule has 0 aliphatic rings. The molecule has 9 nitrogen and oxygen atoms in total. The van der Waals surface area contributed by atoms with E-state index in [1.54, 1.807) is 6.07 Å². The number of nitrogen functional groups attached to an aromatic ring is 1. The third-order valence-electron chi connectivity index (χ3n) is 5.14. The predicted molar refractivity (Wildman–Crippen MR) is 123 cm³/mol. The number of hydrogen-bond donors (Lipinski definition) is 2. The molecular weight excluding hydrogens is 406 g/mol. The maximum Gasteiger partial charge on any atom is 0.231 e. The Balaban J connectivity index is 1.53. The predicted octanol–water partition coefficient (Wildman–Crippen LogP) is 4.12. The van der Waals surface area contributed by atoms with Crippen LogP contribution in [0.25, 0.3) is 22.3 Å². The van der Waals surface area contributed by atoms with E-state index in [1.807, 2.05) is 63.6 Å². The third kappa shape index (κ3) is 4.18. The lowest BCUT2D eigenvalue weighted by atomic mass is 9.92. The molecule has 0 saturated carbocycles. The van der Waals surface area contributed by atoms with E-state index in [1.165, 1.54) is 6.33 Å². The SMILES string of the molecule is CC(C)n1nc(-c2ccc(CC(=O)Nc3cc(C(C)(C)C)no3)cc2)c2c(N)ncnc21. The van der Waals surface area contributed by atoms with Crippen LogP contribution in [0.4, 0.5) is 11.7 Å². The van der Waals surface area contributed by atoms with E-state index in [-0.39, 0.29) is 23.8 Å². The summed E-state index contributed by atoms with van der Waals surface area (Å²) in [4.78, 5) is 20.9. The molecule has 0 bridgehead atoms. The summed E-state index contributed by atoms with van der Waals surface area (Å²) in [6.45, 7) is 10.2. The highest BCUT2D eigenvalue weighted by molar-refractivity contribution is 5.98. The van der Waals surface area contributed by atoms with Crippen molar-refractivity contribution in [2.24, 2.45) is 0 Å². The maximum absolute atomic E-state index is 12.4. The van der Waals surface area contributed by atoms with Crippen molar-refractivity contribution in [3.05, 3.63) is 47.9 Å². The van der Waals surface area contributed by atoms with Gasteiger partial charge in [-0.25, -0.2) is 14.6 Å². The molecule has 0 aliphatic carbocycles. The number of nitrogens with two attached hydrogens (primary N) is 1. The lowest BCUT2D eigenvalue weighted by Crippen LogP contribution is -2.14. The van der Waals surface area contributed by atoms with Gasteiger partial charge in [0, 0.05) is 23.1 Å². The van der Waals surface area contributed by atoms with Gasteiger partial charge in [-0.3, -0.25) is 10.1 Å². The molecule has 1 aromatic carbocycles. The summed E-state index contributed by atoms with van der Waals surface area (Å²) >= 11 is 0. The summed E-state index contributed by atoms with van der Waals surface area (Å²) in [6, 6.07) is 9.52. The highest BCUT2D eigenvalue weighted by Gasteiger charge is 2.20. The van der Waals surface area contributed by atoms with Crippen molar-refractivity contribution in [1.82, 2.24) is 24.9 Å². The molecule has 166 valence electrons. The van der Waals surface area contributed by atoms with Crippen molar-refractivity contribution in [1.29, 1.82) is 0 Å². The van der Waals surface area contributed by atoms with Crippen LogP contribution in [-0.2, 0) is 16.6 Å². The zero-order chi connectivity index (χ0) is 23.0. The number of anilines is 2. The first-order valence-electron chi connectivity index (χ1n) is 10.5. The quantitative estimate of drug-likeness (QED) is 0.485. The molecule has 0 saturated heterocycles. The summed E-state index contributed by atoms with van der Waals surface area (Å²) in [5, 5.41) is 12.2. The Bertz CT molecular complexity index is 1260. The molecular formula is C23H27N7O2. The van der Waals surface area contributed by atoms with Crippen LogP contribution < -0.4 is 11.1 Å². The fourth-order valence-electron chi connectivity index (χ4n) is 3.39. The molecule has 4 rings (SSSR count). The average Bonchev–Trinajstić information content (AvgIpc) is 3.34. The first-order valence-corrected chi connectivity index (χ1v) is 10.5. The summed E-state index contributed by atoms with van der Waals surface area (Å²) in [5.41, 5.74) is 9.93. The fourth-order valence-corrected chi connectivity index (χ4v) is 3.39. The molecule has 0 atom stereocenters. The van der Waals surface area contributed by atoms with Gasteiger partial charge >= 0.3 is 0 Å². The van der Waals surface area contributed by atoms with Gasteiger partial charge in [-0.1, -0.05) is 50.2 Å². The van der Waals surface area contributed by atoms with Gasteiger partial charge in [0.1, 0.15) is 17.8 Å². The van der Waals surface area contributed by atoms with Crippen molar-refractivity contribution in [2.75, 3.05) is 11.1 Å². The minimum Gasteiger partial charge on any atom is -0.383 e. The van der Waals surface area contributed by atoms with Gasteiger partial charge in [0.2, 0.25) is 11.8 Å². The Morgan fingerprint density at radius 1 is 1.19 bits per heavy atom. The Morgan fingerprint density at radius 2 is 1.91 bits per heavy atom. The van der Waals surface area contributed by atoms with Crippen LogP contribution in [0.2, 0.25) is 0 Å². The van der Waals surface area contributed by atoms with Gasteiger partial charge in [-0.05, 0) is 19.4 Å². The van der Waals surface area contributed by atoms with E-state index in [0.29, 0.717) is 17.3 Å². The van der Waals surface area contributed by atoms with E-state index in [4.69, 9.17) is 15.4 Å². The zero-order valence-electron chi connectivity index (χ0n) is 18.9. The van der Waals surface area contributed by atoms with Crippen LogP contribution in [0.15, 0.2) is 41.2 Å². The van der Waals surface area contributed by atoms with E-state index in [2.05, 4.69) is 20.4 Å². The molecule has 4 aromatic rings.